The zero-order valence-electron chi connectivity index (χ0n) is 8.18. The molecule has 1 aromatic rings. The molecule has 0 heterocycles. The second kappa shape index (κ2) is 3.92. The van der Waals surface area contributed by atoms with Crippen molar-refractivity contribution in [3.63, 3.8) is 0 Å². The van der Waals surface area contributed by atoms with Gasteiger partial charge >= 0.3 is 6.36 Å². The van der Waals surface area contributed by atoms with Crippen molar-refractivity contribution in [2.75, 3.05) is 0 Å². The highest BCUT2D eigenvalue weighted by Gasteiger charge is 2.31. The van der Waals surface area contributed by atoms with E-state index in [9.17, 15) is 18.0 Å². The summed E-state index contributed by atoms with van der Waals surface area (Å²) in [5, 5.41) is 0. The molecule has 0 unspecified atom stereocenters. The Bertz CT molecular complexity index is 383. The van der Waals surface area contributed by atoms with Crippen LogP contribution in [0.25, 0.3) is 0 Å². The second-order valence-corrected chi connectivity index (χ2v) is 3.08. The van der Waals surface area contributed by atoms with Crippen molar-refractivity contribution < 1.29 is 22.7 Å². The van der Waals surface area contributed by atoms with Crippen molar-refractivity contribution in [3.05, 3.63) is 29.3 Å². The predicted molar refractivity (Wildman–Crippen MR) is 47.9 cm³/mol. The van der Waals surface area contributed by atoms with E-state index in [1.807, 2.05) is 0 Å². The molecule has 0 N–H and O–H groups in total. The van der Waals surface area contributed by atoms with Crippen LogP contribution in [0.4, 0.5) is 13.2 Å². The minimum Gasteiger partial charge on any atom is -0.406 e. The minimum atomic E-state index is -4.73. The highest BCUT2D eigenvalue weighted by molar-refractivity contribution is 5.95. The number of halogens is 3. The predicted octanol–water partition coefficient (Wildman–Crippen LogP) is 3.10. The molecule has 0 radical (unpaired) electrons. The average molecular weight is 218 g/mol. The van der Waals surface area contributed by atoms with Gasteiger partial charge in [0.25, 0.3) is 0 Å². The lowest BCUT2D eigenvalue weighted by Gasteiger charge is -2.10. The fraction of sp³-hybridized carbons (Fsp3) is 0.300. The molecule has 82 valence electrons. The first-order chi connectivity index (χ1) is 6.79. The third-order valence-electron chi connectivity index (χ3n) is 1.82. The van der Waals surface area contributed by atoms with Gasteiger partial charge in [0.1, 0.15) is 5.75 Å². The van der Waals surface area contributed by atoms with E-state index in [0.29, 0.717) is 5.56 Å². The van der Waals surface area contributed by atoms with Crippen LogP contribution >= 0.6 is 0 Å². The van der Waals surface area contributed by atoms with Gasteiger partial charge in [-0.1, -0.05) is 6.07 Å². The average Bonchev–Trinajstić information content (AvgIpc) is 2.05. The SMILES string of the molecule is CC(=O)c1cc(OC(F)(F)F)ccc1C. The first-order valence-electron chi connectivity index (χ1n) is 4.17. The Morgan fingerprint density at radius 2 is 1.93 bits per heavy atom. The summed E-state index contributed by atoms with van der Waals surface area (Å²) in [5.41, 5.74) is 0.855. The lowest BCUT2D eigenvalue weighted by Crippen LogP contribution is -2.17. The summed E-state index contributed by atoms with van der Waals surface area (Å²) in [6.07, 6.45) is -4.73. The fourth-order valence-electron chi connectivity index (χ4n) is 1.18. The second-order valence-electron chi connectivity index (χ2n) is 3.08. The van der Waals surface area contributed by atoms with Gasteiger partial charge in [-0.25, -0.2) is 0 Å². The van der Waals surface area contributed by atoms with Crippen molar-refractivity contribution in [1.82, 2.24) is 0 Å². The maximum atomic E-state index is 11.9. The van der Waals surface area contributed by atoms with Crippen molar-refractivity contribution >= 4 is 5.78 Å². The molecule has 0 amide bonds. The summed E-state index contributed by atoms with van der Waals surface area (Å²) < 4.78 is 39.3. The van der Waals surface area contributed by atoms with Crippen LogP contribution < -0.4 is 4.74 Å². The van der Waals surface area contributed by atoms with Crippen molar-refractivity contribution in [2.24, 2.45) is 0 Å². The summed E-state index contributed by atoms with van der Waals surface area (Å²) in [4.78, 5) is 11.0. The van der Waals surface area contributed by atoms with Gasteiger partial charge in [0.05, 0.1) is 0 Å². The Labute approximate surface area is 84.7 Å². The molecular formula is C10H9F3O2. The van der Waals surface area contributed by atoms with Gasteiger partial charge in [0.15, 0.2) is 5.78 Å². The molecule has 0 fully saturated rings. The van der Waals surface area contributed by atoms with E-state index in [1.54, 1.807) is 6.92 Å². The molecule has 15 heavy (non-hydrogen) atoms. The van der Waals surface area contributed by atoms with E-state index in [-0.39, 0.29) is 17.1 Å². The zero-order valence-corrected chi connectivity index (χ0v) is 8.18. The number of alkyl halides is 3. The number of ether oxygens (including phenoxy) is 1. The maximum absolute atomic E-state index is 11.9. The quantitative estimate of drug-likeness (QED) is 0.713. The van der Waals surface area contributed by atoms with E-state index < -0.39 is 6.36 Å². The Morgan fingerprint density at radius 3 is 2.40 bits per heavy atom. The highest BCUT2D eigenvalue weighted by atomic mass is 19.4. The van der Waals surface area contributed by atoms with E-state index >= 15 is 0 Å². The van der Waals surface area contributed by atoms with E-state index in [0.717, 1.165) is 6.07 Å². The van der Waals surface area contributed by atoms with Crippen LogP contribution in [-0.2, 0) is 0 Å². The first kappa shape index (κ1) is 11.6. The molecule has 1 rings (SSSR count). The Balaban J connectivity index is 3.03. The number of carbonyl (C=O) groups excluding carboxylic acids is 1. The van der Waals surface area contributed by atoms with Crippen LogP contribution in [0.15, 0.2) is 18.2 Å². The van der Waals surface area contributed by atoms with Crippen LogP contribution in [-0.4, -0.2) is 12.1 Å². The normalized spacial score (nSPS) is 11.3. The number of Topliss-reactive ketones (excluding diaryl/α,β-unsaturated/α-hetero) is 1. The Hall–Kier alpha value is -1.52. The lowest BCUT2D eigenvalue weighted by molar-refractivity contribution is -0.274. The largest absolute Gasteiger partial charge is 0.573 e. The van der Waals surface area contributed by atoms with Crippen molar-refractivity contribution in [2.45, 2.75) is 20.2 Å². The molecular weight excluding hydrogens is 209 g/mol. The molecule has 5 heteroatoms. The fourth-order valence-corrected chi connectivity index (χ4v) is 1.18. The molecule has 0 atom stereocenters. The van der Waals surface area contributed by atoms with Crippen LogP contribution in [0.5, 0.6) is 5.75 Å². The molecule has 2 nitrogen and oxygen atoms in total. The standard InChI is InChI=1S/C10H9F3O2/c1-6-3-4-8(15-10(11,12)13)5-9(6)7(2)14/h3-5H,1-2H3. The van der Waals surface area contributed by atoms with E-state index in [4.69, 9.17) is 0 Å². The molecule has 0 aromatic heterocycles. The molecule has 0 aliphatic carbocycles. The molecule has 0 saturated carbocycles. The molecule has 0 aliphatic rings. The first-order valence-corrected chi connectivity index (χ1v) is 4.17. The Morgan fingerprint density at radius 1 is 1.33 bits per heavy atom. The van der Waals surface area contributed by atoms with Crippen LogP contribution in [0.3, 0.4) is 0 Å². The number of hydrogen-bond donors (Lipinski definition) is 0. The van der Waals surface area contributed by atoms with Gasteiger partial charge in [0.2, 0.25) is 0 Å². The lowest BCUT2D eigenvalue weighted by atomic mass is 10.1. The van der Waals surface area contributed by atoms with Crippen LogP contribution in [0.1, 0.15) is 22.8 Å². The zero-order chi connectivity index (χ0) is 11.6. The van der Waals surface area contributed by atoms with E-state index in [2.05, 4.69) is 4.74 Å². The topological polar surface area (TPSA) is 26.3 Å². The van der Waals surface area contributed by atoms with E-state index in [1.165, 1.54) is 19.1 Å². The van der Waals surface area contributed by atoms with Crippen LogP contribution in [0.2, 0.25) is 0 Å². The van der Waals surface area contributed by atoms with Gasteiger partial charge in [0, 0.05) is 5.56 Å². The molecule has 0 aliphatic heterocycles. The third-order valence-corrected chi connectivity index (χ3v) is 1.82. The molecule has 0 bridgehead atoms. The van der Waals surface area contributed by atoms with Crippen LogP contribution in [0, 0.1) is 6.92 Å². The number of benzene rings is 1. The van der Waals surface area contributed by atoms with Gasteiger partial charge < -0.3 is 4.74 Å². The number of hydrogen-bond acceptors (Lipinski definition) is 2. The van der Waals surface area contributed by atoms with Gasteiger partial charge in [-0.15, -0.1) is 13.2 Å². The summed E-state index contributed by atoms with van der Waals surface area (Å²) in [5.74, 6) is -0.668. The maximum Gasteiger partial charge on any atom is 0.573 e. The number of aryl methyl sites for hydroxylation is 1. The summed E-state index contributed by atoms with van der Waals surface area (Å²) in [6, 6.07) is 3.68. The molecule has 0 spiro atoms. The van der Waals surface area contributed by atoms with Gasteiger partial charge in [-0.2, -0.15) is 0 Å². The summed E-state index contributed by atoms with van der Waals surface area (Å²) in [7, 11) is 0. The molecule has 1 aromatic carbocycles. The van der Waals surface area contributed by atoms with Crippen molar-refractivity contribution in [3.8, 4) is 5.75 Å². The number of carbonyl (C=O) groups is 1. The number of rotatable bonds is 2. The third kappa shape index (κ3) is 3.27. The minimum absolute atomic E-state index is 0.233. The smallest absolute Gasteiger partial charge is 0.406 e. The Kier molecular flexibility index (Phi) is 3.02. The van der Waals surface area contributed by atoms with Gasteiger partial charge in [-0.3, -0.25) is 4.79 Å². The summed E-state index contributed by atoms with van der Waals surface area (Å²) in [6.45, 7) is 2.94. The van der Waals surface area contributed by atoms with Gasteiger partial charge in [-0.05, 0) is 31.5 Å². The summed E-state index contributed by atoms with van der Waals surface area (Å²) >= 11 is 0. The monoisotopic (exact) mass is 218 g/mol. The molecule has 0 saturated heterocycles. The highest BCUT2D eigenvalue weighted by Crippen LogP contribution is 2.24. The van der Waals surface area contributed by atoms with Crippen molar-refractivity contribution in [1.29, 1.82) is 0 Å². The number of ketones is 1.